The summed E-state index contributed by atoms with van der Waals surface area (Å²) < 4.78 is 71.3. The van der Waals surface area contributed by atoms with Crippen LogP contribution in [-0.4, -0.2) is 36.2 Å². The van der Waals surface area contributed by atoms with Crippen LogP contribution >= 0.6 is 0 Å². The molecule has 4 nitrogen and oxygen atoms in total. The molecular formula is C28H32F5N3O. The van der Waals surface area contributed by atoms with Crippen LogP contribution in [0, 0.1) is 11.8 Å². The van der Waals surface area contributed by atoms with Crippen molar-refractivity contribution in [2.24, 2.45) is 4.99 Å². The molecule has 0 aliphatic carbocycles. The van der Waals surface area contributed by atoms with E-state index in [0.29, 0.717) is 36.0 Å². The maximum Gasteiger partial charge on any atom is 0.403 e. The number of aliphatic imine (C=N–C) groups is 1. The third-order valence-corrected chi connectivity index (χ3v) is 5.93. The molecule has 0 fully saturated rings. The summed E-state index contributed by atoms with van der Waals surface area (Å²) in [6.07, 6.45) is 3.95. The van der Waals surface area contributed by atoms with Gasteiger partial charge >= 0.3 is 12.8 Å². The molecule has 2 aromatic rings. The van der Waals surface area contributed by atoms with Crippen LogP contribution < -0.4 is 10.1 Å². The van der Waals surface area contributed by atoms with Crippen molar-refractivity contribution in [1.29, 1.82) is 0 Å². The summed E-state index contributed by atoms with van der Waals surface area (Å²) in [6.45, 7) is 4.16. The summed E-state index contributed by atoms with van der Waals surface area (Å²) in [5, 5.41) is 3.30. The second-order valence-corrected chi connectivity index (χ2v) is 9.14. The molecule has 3 rings (SSSR count). The third-order valence-electron chi connectivity index (χ3n) is 5.93. The molecule has 0 bridgehead atoms. The summed E-state index contributed by atoms with van der Waals surface area (Å²) in [4.78, 5) is 4.68. The molecule has 9 heteroatoms. The number of alkyl halides is 5. The Balaban J connectivity index is 2.10. The normalized spacial score (nSPS) is 18.9. The monoisotopic (exact) mass is 521 g/mol. The van der Waals surface area contributed by atoms with E-state index in [4.69, 9.17) is 0 Å². The van der Waals surface area contributed by atoms with Crippen molar-refractivity contribution in [3.05, 3.63) is 47.2 Å². The average molecular weight is 522 g/mol. The van der Waals surface area contributed by atoms with Gasteiger partial charge in [-0.25, -0.2) is 0 Å². The Labute approximate surface area is 214 Å². The predicted octanol–water partition coefficient (Wildman–Crippen LogP) is 7.65. The van der Waals surface area contributed by atoms with E-state index in [1.54, 1.807) is 18.3 Å². The number of benzene rings is 1. The van der Waals surface area contributed by atoms with Crippen LogP contribution in [0.15, 0.2) is 40.9 Å². The van der Waals surface area contributed by atoms with E-state index in [1.165, 1.54) is 6.07 Å². The molecule has 0 spiro atoms. The molecule has 1 N–H and O–H groups in total. The highest BCUT2D eigenvalue weighted by atomic mass is 19.4. The van der Waals surface area contributed by atoms with E-state index < -0.39 is 18.8 Å². The summed E-state index contributed by atoms with van der Waals surface area (Å²) in [5.41, 5.74) is 3.46. The largest absolute Gasteiger partial charge is 0.435 e. The van der Waals surface area contributed by atoms with Gasteiger partial charge in [0.25, 0.3) is 0 Å². The van der Waals surface area contributed by atoms with Crippen molar-refractivity contribution in [3.8, 4) is 17.6 Å². The predicted molar refractivity (Wildman–Crippen MR) is 138 cm³/mol. The van der Waals surface area contributed by atoms with Crippen molar-refractivity contribution in [3.63, 3.8) is 0 Å². The van der Waals surface area contributed by atoms with Crippen LogP contribution in [0.2, 0.25) is 0 Å². The van der Waals surface area contributed by atoms with Crippen LogP contribution in [0.5, 0.6) is 5.75 Å². The molecule has 200 valence electrons. The van der Waals surface area contributed by atoms with Crippen LogP contribution in [0.3, 0.4) is 0 Å². The quantitative estimate of drug-likeness (QED) is 0.286. The number of allylic oxidation sites excluding steroid dienone is 2. The van der Waals surface area contributed by atoms with Crippen molar-refractivity contribution < 1.29 is 26.7 Å². The highest BCUT2D eigenvalue weighted by Gasteiger charge is 2.35. The van der Waals surface area contributed by atoms with Crippen LogP contribution in [-0.2, 0) is 0 Å². The van der Waals surface area contributed by atoms with E-state index in [2.05, 4.69) is 26.9 Å². The molecule has 0 saturated carbocycles. The first kappa shape index (κ1) is 28.5. The zero-order valence-corrected chi connectivity index (χ0v) is 21.4. The lowest BCUT2D eigenvalue weighted by atomic mass is 10.1. The number of hydrogen-bond acceptors (Lipinski definition) is 3. The standard InChI is InChI=1S/C28H32F5N3O/c1-5-6-7-11-23-22-14-13-21(37-27(29)30)15-25(22)36(18(2)3)26(23)24-12-9-8-10-20(17-35-24)16-34-19(4)28(31,32)33/h10,12-15,17-19,27,34H,5-6,8-9,16H2,1-4H3/b20-10-,24-12-,35-17+. The molecule has 0 radical (unpaired) electrons. The second-order valence-electron chi connectivity index (χ2n) is 9.14. The molecule has 1 aliphatic rings. The van der Waals surface area contributed by atoms with Gasteiger partial charge in [-0.05, 0) is 57.7 Å². The molecule has 37 heavy (non-hydrogen) atoms. The SMILES string of the molecule is CCCC#Cc1c(C2=C\CC\C=C(CNC(C)C(F)(F)F)/C=N/2)n(C(C)C)c2cc(OC(F)F)ccc12. The number of nitrogens with one attached hydrogen (secondary N) is 1. The van der Waals surface area contributed by atoms with E-state index in [9.17, 15) is 22.0 Å². The summed E-state index contributed by atoms with van der Waals surface area (Å²) in [5.74, 6) is 6.50. The van der Waals surface area contributed by atoms with E-state index in [-0.39, 0.29) is 18.3 Å². The van der Waals surface area contributed by atoms with Crippen molar-refractivity contribution >= 4 is 22.8 Å². The summed E-state index contributed by atoms with van der Waals surface area (Å²) in [6, 6.07) is 3.10. The zero-order chi connectivity index (χ0) is 27.2. The van der Waals surface area contributed by atoms with Crippen LogP contribution in [0.25, 0.3) is 16.6 Å². The van der Waals surface area contributed by atoms with E-state index in [1.807, 2.05) is 37.5 Å². The summed E-state index contributed by atoms with van der Waals surface area (Å²) in [7, 11) is 0. The third kappa shape index (κ3) is 7.22. The number of unbranched alkanes of at least 4 members (excludes halogenated alkanes) is 1. The van der Waals surface area contributed by atoms with Gasteiger partial charge in [-0.2, -0.15) is 22.0 Å². The van der Waals surface area contributed by atoms with Gasteiger partial charge < -0.3 is 14.6 Å². The Hall–Kier alpha value is -3.12. The van der Waals surface area contributed by atoms with Crippen molar-refractivity contribution in [2.45, 2.75) is 78.2 Å². The van der Waals surface area contributed by atoms with Gasteiger partial charge in [-0.15, -0.1) is 0 Å². The van der Waals surface area contributed by atoms with Gasteiger partial charge in [0.15, 0.2) is 0 Å². The highest BCUT2D eigenvalue weighted by molar-refractivity contribution is 5.95. The van der Waals surface area contributed by atoms with Gasteiger partial charge in [-0.1, -0.05) is 30.9 Å². The fraction of sp³-hybridized carbons (Fsp3) is 0.464. The Bertz CT molecular complexity index is 1240. The molecular weight excluding hydrogens is 489 g/mol. The molecule has 0 amide bonds. The lowest BCUT2D eigenvalue weighted by molar-refractivity contribution is -0.150. The molecule has 2 heterocycles. The minimum Gasteiger partial charge on any atom is -0.435 e. The Kier molecular flexibility index (Phi) is 9.55. The van der Waals surface area contributed by atoms with Crippen LogP contribution in [0.1, 0.15) is 70.7 Å². The number of hydrogen-bond donors (Lipinski definition) is 1. The first-order chi connectivity index (χ1) is 17.5. The smallest absolute Gasteiger partial charge is 0.403 e. The van der Waals surface area contributed by atoms with Gasteiger partial charge in [0.05, 0.1) is 22.5 Å². The van der Waals surface area contributed by atoms with Crippen LogP contribution in [0.4, 0.5) is 22.0 Å². The lowest BCUT2D eigenvalue weighted by Gasteiger charge is -2.18. The maximum absolute atomic E-state index is 12.9. The second kappa shape index (κ2) is 12.4. The molecule has 1 aromatic carbocycles. The topological polar surface area (TPSA) is 38.5 Å². The number of rotatable bonds is 8. The number of aromatic nitrogens is 1. The molecule has 1 aliphatic heterocycles. The maximum atomic E-state index is 12.9. The average Bonchev–Trinajstić information content (AvgIpc) is 3.11. The Morgan fingerprint density at radius 3 is 2.51 bits per heavy atom. The number of fused-ring (bicyclic) bond motifs is 1. The van der Waals surface area contributed by atoms with E-state index >= 15 is 0 Å². The van der Waals surface area contributed by atoms with E-state index in [0.717, 1.165) is 30.0 Å². The first-order valence-electron chi connectivity index (χ1n) is 12.4. The van der Waals surface area contributed by atoms with Gasteiger partial charge in [0, 0.05) is 36.7 Å². The first-order valence-corrected chi connectivity index (χ1v) is 12.4. The Morgan fingerprint density at radius 2 is 1.86 bits per heavy atom. The summed E-state index contributed by atoms with van der Waals surface area (Å²) >= 11 is 0. The minimum atomic E-state index is -4.33. The van der Waals surface area contributed by atoms with Gasteiger partial charge in [-0.3, -0.25) is 4.99 Å². The molecule has 0 saturated heterocycles. The number of nitrogens with zero attached hydrogens (tertiary/aromatic N) is 2. The van der Waals surface area contributed by atoms with Crippen molar-refractivity contribution in [2.75, 3.05) is 6.54 Å². The number of ether oxygens (including phenoxy) is 1. The lowest BCUT2D eigenvalue weighted by Crippen LogP contribution is -2.40. The van der Waals surface area contributed by atoms with Crippen molar-refractivity contribution in [1.82, 2.24) is 9.88 Å². The fourth-order valence-corrected chi connectivity index (χ4v) is 4.07. The minimum absolute atomic E-state index is 0.0299. The van der Waals surface area contributed by atoms with Gasteiger partial charge in [0.2, 0.25) is 0 Å². The molecule has 1 aromatic heterocycles. The molecule has 1 unspecified atom stereocenters. The Morgan fingerprint density at radius 1 is 1.14 bits per heavy atom. The molecule has 1 atom stereocenters. The highest BCUT2D eigenvalue weighted by Crippen LogP contribution is 2.36. The zero-order valence-electron chi connectivity index (χ0n) is 21.4. The fourth-order valence-electron chi connectivity index (χ4n) is 4.07. The van der Waals surface area contributed by atoms with Gasteiger partial charge in [0.1, 0.15) is 11.8 Å². The number of halogens is 5.